The Morgan fingerprint density at radius 1 is 1.35 bits per heavy atom. The van der Waals surface area contributed by atoms with Gasteiger partial charge in [0.2, 0.25) is 0 Å². The van der Waals surface area contributed by atoms with E-state index in [1.165, 1.54) is 6.20 Å². The second-order valence-electron chi connectivity index (χ2n) is 4.47. The molecule has 0 unspecified atom stereocenters. The molecule has 20 heavy (non-hydrogen) atoms. The minimum absolute atomic E-state index is 0.195. The highest BCUT2D eigenvalue weighted by molar-refractivity contribution is 9.11. The molecule has 1 aliphatic rings. The highest BCUT2D eigenvalue weighted by Gasteiger charge is 2.28. The van der Waals surface area contributed by atoms with Gasteiger partial charge in [-0.25, -0.2) is 9.97 Å². The summed E-state index contributed by atoms with van der Waals surface area (Å²) in [6.45, 7) is 0. The van der Waals surface area contributed by atoms with Crippen LogP contribution in [0.25, 0.3) is 0 Å². The second kappa shape index (κ2) is 5.57. The van der Waals surface area contributed by atoms with E-state index in [0.29, 0.717) is 26.8 Å². The van der Waals surface area contributed by atoms with E-state index < -0.39 is 0 Å². The molecule has 0 aliphatic heterocycles. The van der Waals surface area contributed by atoms with E-state index in [1.54, 1.807) is 0 Å². The lowest BCUT2D eigenvalue weighted by atomic mass is 10.4. The van der Waals surface area contributed by atoms with Crippen LogP contribution in [0, 0.1) is 0 Å². The van der Waals surface area contributed by atoms with Gasteiger partial charge < -0.3 is 9.88 Å². The molecule has 0 aromatic carbocycles. The lowest BCUT2D eigenvalue weighted by molar-refractivity contribution is 0.101. The third-order valence-electron chi connectivity index (χ3n) is 2.92. The highest BCUT2D eigenvalue weighted by Crippen LogP contribution is 2.37. The fraction of sp³-hybridized carbons (Fsp3) is 0.250. The van der Waals surface area contributed by atoms with Crippen molar-refractivity contribution in [3.05, 3.63) is 37.8 Å². The molecule has 1 fully saturated rings. The minimum atomic E-state index is -0.195. The SMILES string of the molecule is O=C(Nc1ncc(Br)nc1Br)c1cc(Br)cn1C1CC1. The smallest absolute Gasteiger partial charge is 0.273 e. The first-order valence-electron chi connectivity index (χ1n) is 5.91. The first-order valence-corrected chi connectivity index (χ1v) is 8.29. The van der Waals surface area contributed by atoms with Crippen LogP contribution in [0.3, 0.4) is 0 Å². The van der Waals surface area contributed by atoms with Gasteiger partial charge in [0.1, 0.15) is 14.9 Å². The molecule has 2 aromatic rings. The summed E-state index contributed by atoms with van der Waals surface area (Å²) in [7, 11) is 0. The molecule has 2 aromatic heterocycles. The van der Waals surface area contributed by atoms with E-state index in [-0.39, 0.29) is 5.91 Å². The van der Waals surface area contributed by atoms with Gasteiger partial charge in [-0.3, -0.25) is 4.79 Å². The molecule has 5 nitrogen and oxygen atoms in total. The summed E-state index contributed by atoms with van der Waals surface area (Å²) in [5.74, 6) is 0.206. The van der Waals surface area contributed by atoms with Crippen LogP contribution in [0.1, 0.15) is 29.4 Å². The molecule has 1 amide bonds. The molecule has 1 N–H and O–H groups in total. The van der Waals surface area contributed by atoms with E-state index >= 15 is 0 Å². The zero-order valence-electron chi connectivity index (χ0n) is 10.1. The van der Waals surface area contributed by atoms with Crippen LogP contribution >= 0.6 is 47.8 Å². The van der Waals surface area contributed by atoms with Crippen LogP contribution in [0.5, 0.6) is 0 Å². The summed E-state index contributed by atoms with van der Waals surface area (Å²) in [5, 5.41) is 2.77. The van der Waals surface area contributed by atoms with Gasteiger partial charge in [-0.05, 0) is 66.7 Å². The van der Waals surface area contributed by atoms with Crippen molar-refractivity contribution in [2.45, 2.75) is 18.9 Å². The first-order chi connectivity index (χ1) is 9.54. The van der Waals surface area contributed by atoms with E-state index in [1.807, 2.05) is 16.8 Å². The molecule has 3 rings (SSSR count). The van der Waals surface area contributed by atoms with Crippen molar-refractivity contribution >= 4 is 59.5 Å². The van der Waals surface area contributed by atoms with E-state index in [0.717, 1.165) is 17.3 Å². The number of nitrogens with zero attached hydrogens (tertiary/aromatic N) is 3. The topological polar surface area (TPSA) is 59.8 Å². The maximum absolute atomic E-state index is 12.4. The molecule has 0 radical (unpaired) electrons. The summed E-state index contributed by atoms with van der Waals surface area (Å²) >= 11 is 9.91. The van der Waals surface area contributed by atoms with Crippen molar-refractivity contribution in [2.24, 2.45) is 0 Å². The monoisotopic (exact) mass is 462 g/mol. The number of nitrogens with one attached hydrogen (secondary N) is 1. The molecule has 0 atom stereocenters. The zero-order valence-corrected chi connectivity index (χ0v) is 14.9. The Hall–Kier alpha value is -0.730. The van der Waals surface area contributed by atoms with E-state index in [9.17, 15) is 4.79 Å². The van der Waals surface area contributed by atoms with Gasteiger partial charge in [0.15, 0.2) is 5.82 Å². The van der Waals surface area contributed by atoms with Gasteiger partial charge in [0.05, 0.1) is 6.20 Å². The Labute approximate surface area is 140 Å². The molecular weight excluding hydrogens is 456 g/mol. The van der Waals surface area contributed by atoms with Crippen molar-refractivity contribution in [1.29, 1.82) is 0 Å². The third kappa shape index (κ3) is 2.96. The molecule has 0 spiro atoms. The van der Waals surface area contributed by atoms with E-state index in [2.05, 4.69) is 63.1 Å². The number of amides is 1. The predicted octanol–water partition coefficient (Wildman–Crippen LogP) is 4.15. The summed E-state index contributed by atoms with van der Waals surface area (Å²) in [6, 6.07) is 2.25. The van der Waals surface area contributed by atoms with Crippen LogP contribution in [0.4, 0.5) is 5.82 Å². The van der Waals surface area contributed by atoms with Gasteiger partial charge in [0, 0.05) is 16.7 Å². The summed E-state index contributed by atoms with van der Waals surface area (Å²) < 4.78 is 3.99. The Morgan fingerprint density at radius 3 is 2.75 bits per heavy atom. The average Bonchev–Trinajstić information content (AvgIpc) is 3.16. The van der Waals surface area contributed by atoms with Gasteiger partial charge >= 0.3 is 0 Å². The second-order valence-corrected chi connectivity index (χ2v) is 6.95. The highest BCUT2D eigenvalue weighted by atomic mass is 79.9. The van der Waals surface area contributed by atoms with Crippen LogP contribution in [-0.2, 0) is 0 Å². The summed E-state index contributed by atoms with van der Waals surface area (Å²) in [6.07, 6.45) is 5.71. The molecule has 0 saturated heterocycles. The molecule has 104 valence electrons. The van der Waals surface area contributed by atoms with Crippen molar-refractivity contribution in [2.75, 3.05) is 5.32 Å². The van der Waals surface area contributed by atoms with Gasteiger partial charge in [0.25, 0.3) is 5.91 Å². The summed E-state index contributed by atoms with van der Waals surface area (Å²) in [4.78, 5) is 20.6. The Morgan fingerprint density at radius 2 is 2.10 bits per heavy atom. The molecule has 1 saturated carbocycles. The van der Waals surface area contributed by atoms with Gasteiger partial charge in [-0.15, -0.1) is 0 Å². The molecule has 2 heterocycles. The van der Waals surface area contributed by atoms with E-state index in [4.69, 9.17) is 0 Å². The Bertz CT molecular complexity index is 681. The Balaban J connectivity index is 1.86. The number of carbonyl (C=O) groups excluding carboxylic acids is 1. The largest absolute Gasteiger partial charge is 0.339 e. The zero-order chi connectivity index (χ0) is 14.3. The normalized spacial score (nSPS) is 14.3. The number of hydrogen-bond donors (Lipinski definition) is 1. The summed E-state index contributed by atoms with van der Waals surface area (Å²) in [5.41, 5.74) is 0.621. The van der Waals surface area contributed by atoms with Crippen molar-refractivity contribution in [3.63, 3.8) is 0 Å². The molecule has 8 heteroatoms. The quantitative estimate of drug-likeness (QED) is 0.742. The van der Waals surface area contributed by atoms with Crippen molar-refractivity contribution < 1.29 is 4.79 Å². The number of anilines is 1. The lowest BCUT2D eigenvalue weighted by Gasteiger charge is -2.08. The maximum atomic E-state index is 12.4. The predicted molar refractivity (Wildman–Crippen MR) is 85.8 cm³/mol. The lowest BCUT2D eigenvalue weighted by Crippen LogP contribution is -2.17. The fourth-order valence-electron chi connectivity index (χ4n) is 1.88. The van der Waals surface area contributed by atoms with Crippen LogP contribution in [0.15, 0.2) is 32.1 Å². The number of rotatable bonds is 3. The van der Waals surface area contributed by atoms with Crippen molar-refractivity contribution in [1.82, 2.24) is 14.5 Å². The average molecular weight is 465 g/mol. The minimum Gasteiger partial charge on any atom is -0.339 e. The Kier molecular flexibility index (Phi) is 3.96. The first kappa shape index (κ1) is 14.2. The standard InChI is InChI=1S/C12H9Br3N4O/c13-6-3-8(19(5-6)7-1-2-7)12(20)18-11-10(15)17-9(14)4-16-11/h3-5,7H,1-2H2,(H,16,18,20). The molecule has 1 aliphatic carbocycles. The third-order valence-corrected chi connectivity index (χ3v) is 4.29. The number of aromatic nitrogens is 3. The van der Waals surface area contributed by atoms with Crippen LogP contribution in [-0.4, -0.2) is 20.4 Å². The van der Waals surface area contributed by atoms with Crippen LogP contribution < -0.4 is 5.32 Å². The number of hydrogen-bond acceptors (Lipinski definition) is 3. The van der Waals surface area contributed by atoms with Gasteiger partial charge in [-0.2, -0.15) is 0 Å². The molecular formula is C12H9Br3N4O. The fourth-order valence-corrected chi connectivity index (χ4v) is 3.23. The maximum Gasteiger partial charge on any atom is 0.273 e. The number of carbonyl (C=O) groups is 1. The van der Waals surface area contributed by atoms with Gasteiger partial charge in [-0.1, -0.05) is 0 Å². The van der Waals surface area contributed by atoms with Crippen molar-refractivity contribution in [3.8, 4) is 0 Å². The number of halogens is 3. The molecule has 0 bridgehead atoms. The van der Waals surface area contributed by atoms with Crippen LogP contribution in [0.2, 0.25) is 0 Å².